The van der Waals surface area contributed by atoms with E-state index in [1.807, 2.05) is 0 Å². The molecule has 0 atom stereocenters. The fraction of sp³-hybridized carbons (Fsp3) is 0.143. The lowest BCUT2D eigenvalue weighted by Gasteiger charge is -2.00. The molecule has 0 saturated heterocycles. The van der Waals surface area contributed by atoms with Gasteiger partial charge in [0.1, 0.15) is 5.75 Å². The molecule has 0 fully saturated rings. The molecule has 0 saturated carbocycles. The van der Waals surface area contributed by atoms with Crippen LogP contribution in [0.2, 0.25) is 0 Å². The van der Waals surface area contributed by atoms with Crippen LogP contribution < -0.4 is 0 Å². The van der Waals surface area contributed by atoms with Crippen LogP contribution in [0.25, 0.3) is 0 Å². The fourth-order valence-corrected chi connectivity index (χ4v) is 1.19. The first kappa shape index (κ1) is 8.33. The molecule has 0 aliphatic carbocycles. The first-order valence-corrected chi connectivity index (χ1v) is 3.81. The molecule has 1 N–H and O–H groups in total. The van der Waals surface area contributed by atoms with Crippen molar-refractivity contribution in [2.75, 3.05) is 0 Å². The predicted molar refractivity (Wildman–Crippen MR) is 40.0 cm³/mol. The van der Waals surface area contributed by atoms with Gasteiger partial charge in [-0.25, -0.2) is 0 Å². The van der Waals surface area contributed by atoms with Crippen LogP contribution in [0.5, 0.6) is 5.75 Å². The number of phenols is 1. The number of alkyl halides is 2. The van der Waals surface area contributed by atoms with Crippen LogP contribution >= 0.6 is 11.8 Å². The number of rotatable bonds is 2. The van der Waals surface area contributed by atoms with E-state index in [4.69, 9.17) is 5.11 Å². The molecule has 0 unspecified atom stereocenters. The molecule has 4 heteroatoms. The third-order valence-corrected chi connectivity index (χ3v) is 1.86. The van der Waals surface area contributed by atoms with E-state index in [2.05, 4.69) is 0 Å². The maximum Gasteiger partial charge on any atom is 0.289 e. The normalized spacial score (nSPS) is 10.5. The zero-order valence-corrected chi connectivity index (χ0v) is 6.31. The Morgan fingerprint density at radius 3 is 2.45 bits per heavy atom. The average Bonchev–Trinajstić information content (AvgIpc) is 1.93. The summed E-state index contributed by atoms with van der Waals surface area (Å²) in [4.78, 5) is 0.211. The van der Waals surface area contributed by atoms with Crippen LogP contribution in [-0.2, 0) is 0 Å². The number of hydrogen-bond donors (Lipinski definition) is 1. The van der Waals surface area contributed by atoms with Gasteiger partial charge in [-0.1, -0.05) is 23.9 Å². The van der Waals surface area contributed by atoms with Gasteiger partial charge in [-0.05, 0) is 12.1 Å². The van der Waals surface area contributed by atoms with E-state index in [-0.39, 0.29) is 10.6 Å². The summed E-state index contributed by atoms with van der Waals surface area (Å²) in [6.45, 7) is 0. The summed E-state index contributed by atoms with van der Waals surface area (Å²) in [5.74, 6) is -2.58. The zero-order chi connectivity index (χ0) is 8.27. The van der Waals surface area contributed by atoms with E-state index in [1.165, 1.54) is 12.1 Å². The third kappa shape index (κ3) is 2.38. The van der Waals surface area contributed by atoms with Crippen molar-refractivity contribution in [3.05, 3.63) is 24.3 Å². The van der Waals surface area contributed by atoms with Crippen molar-refractivity contribution in [1.82, 2.24) is 0 Å². The Bertz CT molecular complexity index is 240. The number of phenolic OH excluding ortho intramolecular Hbond substituents is 1. The van der Waals surface area contributed by atoms with Crippen molar-refractivity contribution in [3.63, 3.8) is 0 Å². The molecule has 11 heavy (non-hydrogen) atoms. The van der Waals surface area contributed by atoms with Crippen molar-refractivity contribution < 1.29 is 13.9 Å². The van der Waals surface area contributed by atoms with Crippen LogP contribution in [0.4, 0.5) is 8.78 Å². The molecule has 0 aliphatic heterocycles. The zero-order valence-electron chi connectivity index (χ0n) is 5.50. The highest BCUT2D eigenvalue weighted by Gasteiger charge is 2.07. The van der Waals surface area contributed by atoms with Crippen LogP contribution in [0.3, 0.4) is 0 Å². The number of halogens is 2. The quantitative estimate of drug-likeness (QED) is 0.699. The highest BCUT2D eigenvalue weighted by atomic mass is 32.2. The molecule has 0 aliphatic rings. The van der Waals surface area contributed by atoms with Gasteiger partial charge in [0.25, 0.3) is 5.76 Å². The average molecular weight is 176 g/mol. The number of hydrogen-bond acceptors (Lipinski definition) is 2. The fourth-order valence-electron chi connectivity index (χ4n) is 0.653. The second kappa shape index (κ2) is 3.57. The minimum absolute atomic E-state index is 0.0993. The molecular weight excluding hydrogens is 170 g/mol. The largest absolute Gasteiger partial charge is 0.507 e. The maximum absolute atomic E-state index is 11.8. The van der Waals surface area contributed by atoms with Crippen LogP contribution in [0, 0.1) is 0 Å². The lowest BCUT2D eigenvalue weighted by atomic mass is 10.3. The van der Waals surface area contributed by atoms with Crippen molar-refractivity contribution in [1.29, 1.82) is 0 Å². The summed E-state index contributed by atoms with van der Waals surface area (Å²) < 4.78 is 23.5. The van der Waals surface area contributed by atoms with Gasteiger partial charge in [-0.15, -0.1) is 0 Å². The molecule has 0 bridgehead atoms. The van der Waals surface area contributed by atoms with Gasteiger partial charge in [-0.3, -0.25) is 0 Å². The molecular formula is C7H6F2OS. The van der Waals surface area contributed by atoms with E-state index < -0.39 is 5.76 Å². The Hall–Kier alpha value is -0.770. The summed E-state index contributed by atoms with van der Waals surface area (Å²) in [6.07, 6.45) is 0. The second-order valence-corrected chi connectivity index (χ2v) is 2.88. The van der Waals surface area contributed by atoms with E-state index in [1.54, 1.807) is 12.1 Å². The molecule has 1 aromatic carbocycles. The summed E-state index contributed by atoms with van der Waals surface area (Å²) in [7, 11) is 0. The lowest BCUT2D eigenvalue weighted by molar-refractivity contribution is 0.251. The number of thioether (sulfide) groups is 1. The minimum Gasteiger partial charge on any atom is -0.507 e. The smallest absolute Gasteiger partial charge is 0.289 e. The van der Waals surface area contributed by atoms with E-state index in [0.717, 1.165) is 0 Å². The molecule has 60 valence electrons. The topological polar surface area (TPSA) is 20.2 Å². The highest BCUT2D eigenvalue weighted by molar-refractivity contribution is 7.99. The van der Waals surface area contributed by atoms with Crippen molar-refractivity contribution >= 4 is 11.8 Å². The highest BCUT2D eigenvalue weighted by Crippen LogP contribution is 2.31. The van der Waals surface area contributed by atoms with Gasteiger partial charge >= 0.3 is 0 Å². The SMILES string of the molecule is Oc1ccccc1SC(F)F. The van der Waals surface area contributed by atoms with E-state index >= 15 is 0 Å². The van der Waals surface area contributed by atoms with Gasteiger partial charge in [0.05, 0.1) is 4.90 Å². The van der Waals surface area contributed by atoms with Gasteiger partial charge in [-0.2, -0.15) is 8.78 Å². The number of aromatic hydroxyl groups is 1. The molecule has 1 rings (SSSR count). The lowest BCUT2D eigenvalue weighted by Crippen LogP contribution is -1.81. The Labute approximate surface area is 67.0 Å². The van der Waals surface area contributed by atoms with Crippen LogP contribution in [-0.4, -0.2) is 10.9 Å². The van der Waals surface area contributed by atoms with Gasteiger partial charge < -0.3 is 5.11 Å². The molecule has 0 spiro atoms. The van der Waals surface area contributed by atoms with Gasteiger partial charge in [0, 0.05) is 0 Å². The molecule has 0 aromatic heterocycles. The Morgan fingerprint density at radius 2 is 1.91 bits per heavy atom. The minimum atomic E-state index is -2.48. The van der Waals surface area contributed by atoms with Crippen molar-refractivity contribution in [3.8, 4) is 5.75 Å². The standard InChI is InChI=1S/C7H6F2OS/c8-7(9)11-6-4-2-1-3-5(6)10/h1-4,7,10H. The third-order valence-electron chi connectivity index (χ3n) is 1.08. The first-order chi connectivity index (χ1) is 5.20. The summed E-state index contributed by atoms with van der Waals surface area (Å²) in [5.41, 5.74) is 0. The number of para-hydroxylation sites is 1. The molecule has 0 amide bonds. The Morgan fingerprint density at radius 1 is 1.27 bits per heavy atom. The first-order valence-electron chi connectivity index (χ1n) is 2.93. The molecule has 0 radical (unpaired) electrons. The number of benzene rings is 1. The molecule has 1 aromatic rings. The summed E-state index contributed by atoms with van der Waals surface area (Å²) in [5, 5.41) is 9.01. The monoisotopic (exact) mass is 176 g/mol. The summed E-state index contributed by atoms with van der Waals surface area (Å²) in [6, 6.07) is 6.02. The summed E-state index contributed by atoms with van der Waals surface area (Å²) >= 11 is 0.342. The van der Waals surface area contributed by atoms with Gasteiger partial charge in [0.15, 0.2) is 0 Å². The predicted octanol–water partition coefficient (Wildman–Crippen LogP) is 2.71. The molecule has 1 nitrogen and oxygen atoms in total. The Kier molecular flexibility index (Phi) is 2.70. The van der Waals surface area contributed by atoms with Crippen LogP contribution in [0.1, 0.15) is 0 Å². The maximum atomic E-state index is 11.8. The van der Waals surface area contributed by atoms with Crippen molar-refractivity contribution in [2.24, 2.45) is 0 Å². The van der Waals surface area contributed by atoms with Crippen molar-refractivity contribution in [2.45, 2.75) is 10.7 Å². The van der Waals surface area contributed by atoms with E-state index in [0.29, 0.717) is 11.8 Å². The van der Waals surface area contributed by atoms with Gasteiger partial charge in [0.2, 0.25) is 0 Å². The molecule has 0 heterocycles. The van der Waals surface area contributed by atoms with E-state index in [9.17, 15) is 8.78 Å². The Balaban J connectivity index is 2.78. The van der Waals surface area contributed by atoms with Crippen LogP contribution in [0.15, 0.2) is 29.2 Å². The second-order valence-electron chi connectivity index (χ2n) is 1.85.